The Balaban J connectivity index is 1.36. The Morgan fingerprint density at radius 3 is 2.28 bits per heavy atom. The molecule has 0 spiro atoms. The molecule has 0 saturated carbocycles. The Hall–Kier alpha value is -3.13. The quantitative estimate of drug-likeness (QED) is 0.187. The summed E-state index contributed by atoms with van der Waals surface area (Å²) < 4.78 is 17.2. The minimum Gasteiger partial charge on any atom is -0.493 e. The van der Waals surface area contributed by atoms with Crippen LogP contribution in [-0.4, -0.2) is 36.4 Å². The van der Waals surface area contributed by atoms with Gasteiger partial charge in [0.2, 0.25) is 0 Å². The van der Waals surface area contributed by atoms with Crippen LogP contribution in [0.25, 0.3) is 6.08 Å². The van der Waals surface area contributed by atoms with Crippen molar-refractivity contribution in [3.63, 3.8) is 0 Å². The van der Waals surface area contributed by atoms with Gasteiger partial charge in [0.05, 0.1) is 18.6 Å². The molecular weight excluding hydrogens is 557 g/mol. The predicted molar refractivity (Wildman–Crippen MR) is 157 cm³/mol. The highest BCUT2D eigenvalue weighted by Gasteiger charge is 2.35. The number of imide groups is 1. The fraction of sp³-hybridized carbons (Fsp3) is 0.267. The predicted octanol–water partition coefficient (Wildman–Crippen LogP) is 7.99. The van der Waals surface area contributed by atoms with Gasteiger partial charge in [-0.15, -0.1) is 0 Å². The first-order valence-electron chi connectivity index (χ1n) is 12.3. The highest BCUT2D eigenvalue weighted by molar-refractivity contribution is 8.18. The zero-order valence-corrected chi connectivity index (χ0v) is 24.5. The molecule has 1 fully saturated rings. The van der Waals surface area contributed by atoms with Gasteiger partial charge in [-0.1, -0.05) is 68.2 Å². The van der Waals surface area contributed by atoms with Gasteiger partial charge in [-0.05, 0) is 76.3 Å². The second-order valence-electron chi connectivity index (χ2n) is 9.89. The van der Waals surface area contributed by atoms with E-state index in [1.807, 2.05) is 12.1 Å². The molecule has 0 radical (unpaired) electrons. The van der Waals surface area contributed by atoms with E-state index in [1.165, 1.54) is 5.56 Å². The summed E-state index contributed by atoms with van der Waals surface area (Å²) >= 11 is 13.1. The van der Waals surface area contributed by atoms with Crippen molar-refractivity contribution >= 4 is 52.2 Å². The molecule has 2 amide bonds. The fourth-order valence-electron chi connectivity index (χ4n) is 3.86. The molecule has 0 aromatic heterocycles. The van der Waals surface area contributed by atoms with Crippen LogP contribution in [0.15, 0.2) is 65.6 Å². The minimum atomic E-state index is -0.386. The average Bonchev–Trinajstić information content (AvgIpc) is 3.15. The Bertz CT molecular complexity index is 1400. The summed E-state index contributed by atoms with van der Waals surface area (Å²) in [6.45, 7) is 7.27. The van der Waals surface area contributed by atoms with Crippen LogP contribution in [0.4, 0.5) is 4.79 Å². The molecule has 0 N–H and O–H groups in total. The maximum absolute atomic E-state index is 13.0. The second-order valence-corrected chi connectivity index (χ2v) is 11.7. The highest BCUT2D eigenvalue weighted by Crippen LogP contribution is 2.36. The van der Waals surface area contributed by atoms with Crippen molar-refractivity contribution in [1.82, 2.24) is 4.90 Å². The summed E-state index contributed by atoms with van der Waals surface area (Å²) in [4.78, 5) is 27.0. The monoisotopic (exact) mass is 585 g/mol. The van der Waals surface area contributed by atoms with E-state index < -0.39 is 0 Å². The van der Waals surface area contributed by atoms with Gasteiger partial charge in [-0.3, -0.25) is 14.5 Å². The molecule has 0 bridgehead atoms. The van der Waals surface area contributed by atoms with Crippen molar-refractivity contribution < 1.29 is 23.8 Å². The molecule has 1 aliphatic rings. The zero-order chi connectivity index (χ0) is 28.2. The number of carbonyl (C=O) groups is 2. The number of methoxy groups -OCH3 is 1. The summed E-state index contributed by atoms with van der Waals surface area (Å²) in [5.74, 6) is 1.45. The molecule has 0 unspecified atom stereocenters. The maximum atomic E-state index is 13.0. The van der Waals surface area contributed by atoms with E-state index in [2.05, 4.69) is 32.9 Å². The van der Waals surface area contributed by atoms with Gasteiger partial charge in [0.1, 0.15) is 19.0 Å². The second kappa shape index (κ2) is 12.4. The number of benzene rings is 3. The van der Waals surface area contributed by atoms with Crippen LogP contribution in [-0.2, 0) is 16.8 Å². The van der Waals surface area contributed by atoms with Crippen LogP contribution in [0.5, 0.6) is 17.2 Å². The molecule has 0 aliphatic carbocycles. The van der Waals surface area contributed by atoms with E-state index >= 15 is 0 Å². The molecular formula is C30H29Cl2NO5S. The van der Waals surface area contributed by atoms with Crippen molar-refractivity contribution in [3.05, 3.63) is 92.3 Å². The largest absolute Gasteiger partial charge is 0.493 e. The molecule has 204 valence electrons. The van der Waals surface area contributed by atoms with Crippen molar-refractivity contribution in [2.45, 2.75) is 32.7 Å². The molecule has 4 rings (SSSR count). The van der Waals surface area contributed by atoms with Gasteiger partial charge >= 0.3 is 0 Å². The van der Waals surface area contributed by atoms with Gasteiger partial charge < -0.3 is 14.2 Å². The zero-order valence-electron chi connectivity index (χ0n) is 22.1. The summed E-state index contributed by atoms with van der Waals surface area (Å²) in [7, 11) is 1.54. The van der Waals surface area contributed by atoms with Crippen molar-refractivity contribution in [2.24, 2.45) is 0 Å². The molecule has 3 aromatic carbocycles. The van der Waals surface area contributed by atoms with Gasteiger partial charge in [-0.25, -0.2) is 0 Å². The molecule has 1 saturated heterocycles. The van der Waals surface area contributed by atoms with Crippen molar-refractivity contribution in [2.75, 3.05) is 20.3 Å². The Morgan fingerprint density at radius 1 is 0.897 bits per heavy atom. The minimum absolute atomic E-state index is 0.0664. The smallest absolute Gasteiger partial charge is 0.293 e. The van der Waals surface area contributed by atoms with Crippen LogP contribution in [0.3, 0.4) is 0 Å². The van der Waals surface area contributed by atoms with Gasteiger partial charge in [0.15, 0.2) is 11.5 Å². The lowest BCUT2D eigenvalue weighted by molar-refractivity contribution is -0.123. The molecule has 0 atom stereocenters. The Kier molecular flexibility index (Phi) is 9.15. The van der Waals surface area contributed by atoms with Crippen LogP contribution < -0.4 is 14.2 Å². The van der Waals surface area contributed by atoms with E-state index in [1.54, 1.807) is 49.6 Å². The van der Waals surface area contributed by atoms with E-state index in [9.17, 15) is 9.59 Å². The molecule has 3 aromatic rings. The summed E-state index contributed by atoms with van der Waals surface area (Å²) in [5.41, 5.74) is 2.67. The van der Waals surface area contributed by atoms with Gasteiger partial charge in [-0.2, -0.15) is 0 Å². The number of amides is 2. The average molecular weight is 587 g/mol. The molecule has 39 heavy (non-hydrogen) atoms. The third-order valence-corrected chi connectivity index (χ3v) is 7.53. The lowest BCUT2D eigenvalue weighted by atomic mass is 9.87. The van der Waals surface area contributed by atoms with Gasteiger partial charge in [0.25, 0.3) is 11.1 Å². The third kappa shape index (κ3) is 7.29. The lowest BCUT2D eigenvalue weighted by Gasteiger charge is -2.19. The molecule has 1 aliphatic heterocycles. The number of carbonyl (C=O) groups excluding carboxylic acids is 2. The van der Waals surface area contributed by atoms with E-state index in [-0.39, 0.29) is 23.1 Å². The first-order valence-corrected chi connectivity index (χ1v) is 13.9. The number of rotatable bonds is 9. The summed E-state index contributed by atoms with van der Waals surface area (Å²) in [6.07, 6.45) is 1.66. The number of nitrogens with zero attached hydrogens (tertiary/aromatic N) is 1. The Labute approximate surface area is 242 Å². The van der Waals surface area contributed by atoms with Crippen LogP contribution in [0, 0.1) is 0 Å². The Morgan fingerprint density at radius 2 is 1.62 bits per heavy atom. The number of hydrogen-bond acceptors (Lipinski definition) is 6. The summed E-state index contributed by atoms with van der Waals surface area (Å²) in [5, 5.41) is 0.518. The lowest BCUT2D eigenvalue weighted by Crippen LogP contribution is -2.27. The molecule has 9 heteroatoms. The summed E-state index contributed by atoms with van der Waals surface area (Å²) in [6, 6.07) is 18.3. The van der Waals surface area contributed by atoms with Crippen molar-refractivity contribution in [3.8, 4) is 17.2 Å². The van der Waals surface area contributed by atoms with Gasteiger partial charge in [0, 0.05) is 10.0 Å². The van der Waals surface area contributed by atoms with Crippen molar-refractivity contribution in [1.29, 1.82) is 0 Å². The topological polar surface area (TPSA) is 65.1 Å². The number of halogens is 2. The third-order valence-electron chi connectivity index (χ3n) is 6.03. The SMILES string of the molecule is COc1cc(/C=C2\SC(=O)N(Cc3ccc(Cl)cc3Cl)C2=O)ccc1OCCOc1ccc(C(C)(C)C)cc1. The van der Waals surface area contributed by atoms with Crippen LogP contribution >= 0.6 is 35.0 Å². The van der Waals surface area contributed by atoms with E-state index in [4.69, 9.17) is 37.4 Å². The number of hydrogen-bond donors (Lipinski definition) is 0. The number of ether oxygens (including phenoxy) is 3. The number of thioether (sulfide) groups is 1. The highest BCUT2D eigenvalue weighted by atomic mass is 35.5. The van der Waals surface area contributed by atoms with Crippen LogP contribution in [0.2, 0.25) is 10.0 Å². The van der Waals surface area contributed by atoms with Crippen LogP contribution in [0.1, 0.15) is 37.5 Å². The molecule has 6 nitrogen and oxygen atoms in total. The standard InChI is InChI=1S/C30H29Cl2NO5S/c1-30(2,3)21-7-10-23(11-8-21)37-13-14-38-25-12-5-19(15-26(25)36-4)16-27-28(34)33(29(35)39-27)18-20-6-9-22(31)17-24(20)32/h5-12,15-17H,13-14,18H2,1-4H3/b27-16-. The fourth-order valence-corrected chi connectivity index (χ4v) is 5.17. The first-order chi connectivity index (χ1) is 18.5. The normalized spacial score (nSPS) is 14.7. The van der Waals surface area contributed by atoms with E-state index in [0.717, 1.165) is 22.4 Å². The maximum Gasteiger partial charge on any atom is 0.293 e. The first kappa shape index (κ1) is 28.9. The van der Waals surface area contributed by atoms with E-state index in [0.29, 0.717) is 50.8 Å². The molecule has 1 heterocycles.